The number of benzene rings is 7. The van der Waals surface area contributed by atoms with Crippen molar-refractivity contribution in [1.82, 2.24) is 0 Å². The van der Waals surface area contributed by atoms with Gasteiger partial charge in [-0.05, 0) is 64.7 Å². The molecular formula is C47H28N2O2. The summed E-state index contributed by atoms with van der Waals surface area (Å²) in [6, 6.07) is 56.0. The van der Waals surface area contributed by atoms with Crippen molar-refractivity contribution in [3.63, 3.8) is 0 Å². The normalized spacial score (nSPS) is 13.1. The molecule has 9 aromatic rings. The Morgan fingerprint density at radius 2 is 0.941 bits per heavy atom. The molecule has 0 bridgehead atoms. The Balaban J connectivity index is 1.17. The summed E-state index contributed by atoms with van der Waals surface area (Å²) >= 11 is 0. The number of amidine groups is 1. The van der Waals surface area contributed by atoms with E-state index in [0.717, 1.165) is 88.5 Å². The highest BCUT2D eigenvalue weighted by molar-refractivity contribution is 6.23. The van der Waals surface area contributed by atoms with Gasteiger partial charge in [-0.15, -0.1) is 0 Å². The van der Waals surface area contributed by atoms with Crippen LogP contribution in [0.25, 0.3) is 71.8 Å². The zero-order valence-corrected chi connectivity index (χ0v) is 27.4. The van der Waals surface area contributed by atoms with Crippen molar-refractivity contribution in [1.29, 1.82) is 0 Å². The maximum absolute atomic E-state index is 6.51. The smallest absolute Gasteiger partial charge is 0.161 e. The zero-order chi connectivity index (χ0) is 33.7. The summed E-state index contributed by atoms with van der Waals surface area (Å²) < 4.78 is 12.9. The number of para-hydroxylation sites is 1. The molecule has 0 saturated heterocycles. The quantitative estimate of drug-likeness (QED) is 0.174. The van der Waals surface area contributed by atoms with Crippen molar-refractivity contribution in [3.8, 4) is 22.3 Å². The van der Waals surface area contributed by atoms with Crippen LogP contribution >= 0.6 is 0 Å². The maximum Gasteiger partial charge on any atom is 0.161 e. The van der Waals surface area contributed by atoms with Crippen molar-refractivity contribution < 1.29 is 8.83 Å². The third-order valence-corrected chi connectivity index (χ3v) is 9.55. The topological polar surface area (TPSA) is 51.0 Å². The number of rotatable bonds is 5. The lowest BCUT2D eigenvalue weighted by molar-refractivity contribution is 0.668. The minimum absolute atomic E-state index is 0.571. The van der Waals surface area contributed by atoms with Gasteiger partial charge < -0.3 is 8.83 Å². The van der Waals surface area contributed by atoms with E-state index in [4.69, 9.17) is 18.8 Å². The lowest BCUT2D eigenvalue weighted by atomic mass is 9.94. The van der Waals surface area contributed by atoms with Gasteiger partial charge in [0.05, 0.1) is 5.71 Å². The van der Waals surface area contributed by atoms with Crippen LogP contribution in [0.5, 0.6) is 0 Å². The average Bonchev–Trinajstić information content (AvgIpc) is 3.66. The Hall–Kier alpha value is -7.00. The van der Waals surface area contributed by atoms with E-state index in [2.05, 4.69) is 103 Å². The third kappa shape index (κ3) is 5.10. The summed E-state index contributed by atoms with van der Waals surface area (Å²) in [4.78, 5) is 10.4. The van der Waals surface area contributed by atoms with Crippen molar-refractivity contribution in [2.75, 3.05) is 0 Å². The summed E-state index contributed by atoms with van der Waals surface area (Å²) in [5, 5.41) is 4.26. The second-order valence-corrected chi connectivity index (χ2v) is 12.7. The molecule has 0 fully saturated rings. The zero-order valence-electron chi connectivity index (χ0n) is 27.4. The molecule has 3 heterocycles. The summed E-state index contributed by atoms with van der Waals surface area (Å²) in [5.74, 6) is 0.571. The average molecular weight is 653 g/mol. The van der Waals surface area contributed by atoms with Crippen molar-refractivity contribution >= 4 is 61.1 Å². The number of fused-ring (bicyclic) bond motifs is 6. The fraction of sp³-hybridized carbons (Fsp3) is 0. The highest BCUT2D eigenvalue weighted by atomic mass is 16.3. The van der Waals surface area contributed by atoms with Gasteiger partial charge in [0, 0.05) is 44.3 Å². The van der Waals surface area contributed by atoms with Gasteiger partial charge in [-0.3, -0.25) is 0 Å². The predicted molar refractivity (Wildman–Crippen MR) is 209 cm³/mol. The summed E-state index contributed by atoms with van der Waals surface area (Å²) in [6.07, 6.45) is 1.94. The number of allylic oxidation sites excluding steroid dienone is 1. The molecular weight excluding hydrogens is 625 g/mol. The number of hydrogen-bond donors (Lipinski definition) is 0. The van der Waals surface area contributed by atoms with Crippen molar-refractivity contribution in [2.45, 2.75) is 0 Å². The molecule has 51 heavy (non-hydrogen) atoms. The molecule has 4 heteroatoms. The molecule has 1 aliphatic heterocycles. The molecule has 1 aliphatic rings. The van der Waals surface area contributed by atoms with Crippen LogP contribution in [0.3, 0.4) is 0 Å². The number of aliphatic imine (C=N–C) groups is 2. The van der Waals surface area contributed by atoms with E-state index in [-0.39, 0.29) is 0 Å². The van der Waals surface area contributed by atoms with Crippen LogP contribution in [0.2, 0.25) is 0 Å². The first-order chi connectivity index (χ1) is 25.2. The van der Waals surface area contributed by atoms with Crippen LogP contribution in [0.15, 0.2) is 194 Å². The molecule has 0 unspecified atom stereocenters. The van der Waals surface area contributed by atoms with Crippen LogP contribution in [-0.2, 0) is 0 Å². The summed E-state index contributed by atoms with van der Waals surface area (Å²) in [7, 11) is 0. The number of hydrogen-bond acceptors (Lipinski definition) is 4. The van der Waals surface area contributed by atoms with Gasteiger partial charge in [0.1, 0.15) is 28.0 Å². The van der Waals surface area contributed by atoms with E-state index in [1.165, 1.54) is 0 Å². The molecule has 0 saturated carbocycles. The van der Waals surface area contributed by atoms with Gasteiger partial charge >= 0.3 is 0 Å². The number of furan rings is 2. The highest BCUT2D eigenvalue weighted by Gasteiger charge is 2.19. The summed E-state index contributed by atoms with van der Waals surface area (Å²) in [5.41, 5.74) is 15.3. The van der Waals surface area contributed by atoms with E-state index in [9.17, 15) is 0 Å². The minimum Gasteiger partial charge on any atom is -0.456 e. The fourth-order valence-electron chi connectivity index (χ4n) is 7.02. The van der Waals surface area contributed by atoms with Gasteiger partial charge in [-0.1, -0.05) is 127 Å². The first-order valence-corrected chi connectivity index (χ1v) is 17.0. The standard InChI is InChI=1S/C47H28N2O2/c1-4-12-30(13-5-1)33-20-22-36-37-23-21-34(27-45(37)51-44(36)26-33)47-48-41(32-16-8-3-9-17-32)24-25-42(49-47)39-29-46-40(35-18-10-11-19-43(35)50-46)28-38(39)31-14-6-2-7-15-31/h1-23,25-29H. The monoisotopic (exact) mass is 652 g/mol. The molecule has 0 radical (unpaired) electrons. The van der Waals surface area contributed by atoms with Crippen LogP contribution < -0.4 is 0 Å². The molecule has 2 aromatic heterocycles. The second kappa shape index (κ2) is 11.9. The highest BCUT2D eigenvalue weighted by Crippen LogP contribution is 2.37. The molecule has 0 amide bonds. The largest absolute Gasteiger partial charge is 0.456 e. The summed E-state index contributed by atoms with van der Waals surface area (Å²) in [6.45, 7) is 0. The SMILES string of the molecule is C1=CC(c2cc3oc4ccccc4c3cc2-c2ccccc2)=NC(c2ccc3c(c2)oc2cc(-c4ccccc4)ccc23)=NC=1c1ccccc1. The first kappa shape index (κ1) is 29.0. The van der Waals surface area contributed by atoms with Crippen molar-refractivity contribution in [3.05, 3.63) is 192 Å². The molecule has 0 atom stereocenters. The maximum atomic E-state index is 6.51. The molecule has 0 aliphatic carbocycles. The Labute approximate surface area is 293 Å². The van der Waals surface area contributed by atoms with Gasteiger partial charge in [0.2, 0.25) is 0 Å². The molecule has 0 spiro atoms. The van der Waals surface area contributed by atoms with E-state index < -0.39 is 0 Å². The van der Waals surface area contributed by atoms with E-state index in [1.807, 2.05) is 72.8 Å². The lowest BCUT2D eigenvalue weighted by Crippen LogP contribution is -2.05. The van der Waals surface area contributed by atoms with Gasteiger partial charge in [0.25, 0.3) is 0 Å². The van der Waals surface area contributed by atoms with E-state index in [1.54, 1.807) is 0 Å². The van der Waals surface area contributed by atoms with Gasteiger partial charge in [-0.25, -0.2) is 9.98 Å². The number of nitrogens with zero attached hydrogens (tertiary/aromatic N) is 2. The van der Waals surface area contributed by atoms with E-state index >= 15 is 0 Å². The first-order valence-electron chi connectivity index (χ1n) is 17.0. The van der Waals surface area contributed by atoms with Crippen LogP contribution in [0.4, 0.5) is 0 Å². The minimum atomic E-state index is 0.571. The Morgan fingerprint density at radius 1 is 0.373 bits per heavy atom. The Kier molecular flexibility index (Phi) is 6.73. The molecule has 7 aromatic carbocycles. The third-order valence-electron chi connectivity index (χ3n) is 9.55. The predicted octanol–water partition coefficient (Wildman–Crippen LogP) is 12.3. The molecule has 4 nitrogen and oxygen atoms in total. The van der Waals surface area contributed by atoms with Crippen LogP contribution in [0, 0.1) is 0 Å². The van der Waals surface area contributed by atoms with Crippen LogP contribution in [0.1, 0.15) is 16.7 Å². The van der Waals surface area contributed by atoms with Gasteiger partial charge in [-0.2, -0.15) is 0 Å². The van der Waals surface area contributed by atoms with Gasteiger partial charge in [0.15, 0.2) is 5.84 Å². The molecule has 238 valence electrons. The second-order valence-electron chi connectivity index (χ2n) is 12.7. The van der Waals surface area contributed by atoms with Crippen molar-refractivity contribution in [2.24, 2.45) is 9.98 Å². The van der Waals surface area contributed by atoms with Crippen LogP contribution in [-0.4, -0.2) is 11.5 Å². The lowest BCUT2D eigenvalue weighted by Gasteiger charge is -2.11. The molecule has 0 N–H and O–H groups in total. The Morgan fingerprint density at radius 3 is 1.69 bits per heavy atom. The Bertz CT molecular complexity index is 2920. The fourth-order valence-corrected chi connectivity index (χ4v) is 7.02. The van der Waals surface area contributed by atoms with E-state index in [0.29, 0.717) is 11.5 Å². The molecule has 10 rings (SSSR count).